The van der Waals surface area contributed by atoms with Crippen molar-refractivity contribution in [2.24, 2.45) is 5.92 Å². The van der Waals surface area contributed by atoms with E-state index in [1.807, 2.05) is 7.05 Å². The number of nitrogens with two attached hydrogens (primary N) is 1. The Morgan fingerprint density at radius 1 is 1.43 bits per heavy atom. The number of hydrogen-bond acceptors (Lipinski definition) is 5. The van der Waals surface area contributed by atoms with Crippen LogP contribution in [0.3, 0.4) is 0 Å². The van der Waals surface area contributed by atoms with E-state index in [9.17, 15) is 14.9 Å². The van der Waals surface area contributed by atoms with Gasteiger partial charge < -0.3 is 16.0 Å². The first-order chi connectivity index (χ1) is 10.5. The molecule has 128 valence electrons. The maximum atomic E-state index is 12.5. The highest BCUT2D eigenvalue weighted by Crippen LogP contribution is 2.25. The average molecular weight is 343 g/mol. The zero-order valence-corrected chi connectivity index (χ0v) is 14.0. The molecule has 0 bridgehead atoms. The number of nitro benzene ring substituents is 1. The second kappa shape index (κ2) is 8.69. The molecule has 0 aromatic heterocycles. The van der Waals surface area contributed by atoms with E-state index in [1.54, 1.807) is 11.0 Å². The average Bonchev–Trinajstić information content (AvgIpc) is 2.53. The molecule has 1 aromatic rings. The highest BCUT2D eigenvalue weighted by Gasteiger charge is 2.25. The van der Waals surface area contributed by atoms with Crippen molar-refractivity contribution in [2.45, 2.75) is 19.3 Å². The molecular formula is C15H23ClN4O3. The number of hydrogen-bond donors (Lipinski definition) is 2. The minimum Gasteiger partial charge on any atom is -0.393 e. The van der Waals surface area contributed by atoms with Gasteiger partial charge >= 0.3 is 0 Å². The molecule has 1 aliphatic rings. The number of nitrogens with zero attached hydrogens (tertiary/aromatic N) is 2. The maximum Gasteiger partial charge on any atom is 0.292 e. The maximum absolute atomic E-state index is 12.5. The molecule has 0 saturated carbocycles. The summed E-state index contributed by atoms with van der Waals surface area (Å²) in [7, 11) is 1.94. The molecule has 7 nitrogen and oxygen atoms in total. The van der Waals surface area contributed by atoms with E-state index >= 15 is 0 Å². The lowest BCUT2D eigenvalue weighted by Crippen LogP contribution is -2.39. The van der Waals surface area contributed by atoms with Gasteiger partial charge in [0.25, 0.3) is 11.6 Å². The molecule has 2 rings (SSSR count). The standard InChI is InChI=1S/C15H22N4O3.ClH/c1-17-7-4-11-5-8-18(9-6-11)15(20)12-2-3-13(16)14(10-12)19(21)22;/h2-3,10-11,17H,4-9,16H2,1H3;1H. The van der Waals surface area contributed by atoms with Gasteiger partial charge in [-0.15, -0.1) is 12.4 Å². The second-order valence-corrected chi connectivity index (χ2v) is 5.66. The monoisotopic (exact) mass is 342 g/mol. The third-order valence-electron chi connectivity index (χ3n) is 4.18. The van der Waals surface area contributed by atoms with Crippen molar-refractivity contribution in [2.75, 3.05) is 32.4 Å². The Balaban J connectivity index is 0.00000264. The summed E-state index contributed by atoms with van der Waals surface area (Å²) in [6, 6.07) is 4.24. The van der Waals surface area contributed by atoms with Gasteiger partial charge in [-0.2, -0.15) is 0 Å². The lowest BCUT2D eigenvalue weighted by molar-refractivity contribution is -0.383. The molecule has 1 aliphatic heterocycles. The molecule has 1 fully saturated rings. The Hall–Kier alpha value is -1.86. The minimum atomic E-state index is -0.559. The summed E-state index contributed by atoms with van der Waals surface area (Å²) >= 11 is 0. The normalized spacial score (nSPS) is 15.1. The number of nitrogens with one attached hydrogen (secondary N) is 1. The molecule has 0 atom stereocenters. The lowest BCUT2D eigenvalue weighted by atomic mass is 9.93. The minimum absolute atomic E-state index is 0. The number of benzene rings is 1. The van der Waals surface area contributed by atoms with Crippen LogP contribution in [0.1, 0.15) is 29.6 Å². The van der Waals surface area contributed by atoms with Gasteiger partial charge in [0.2, 0.25) is 0 Å². The van der Waals surface area contributed by atoms with E-state index in [2.05, 4.69) is 5.32 Å². The number of likely N-dealkylation sites (tertiary alicyclic amines) is 1. The third-order valence-corrected chi connectivity index (χ3v) is 4.18. The molecular weight excluding hydrogens is 320 g/mol. The number of carbonyl (C=O) groups excluding carboxylic acids is 1. The number of amides is 1. The van der Waals surface area contributed by atoms with Gasteiger partial charge in [-0.05, 0) is 50.9 Å². The largest absolute Gasteiger partial charge is 0.393 e. The van der Waals surface area contributed by atoms with Crippen LogP contribution >= 0.6 is 12.4 Å². The van der Waals surface area contributed by atoms with Crippen LogP contribution in [0.2, 0.25) is 0 Å². The number of rotatable bonds is 5. The van der Waals surface area contributed by atoms with Crippen molar-refractivity contribution in [3.63, 3.8) is 0 Å². The first-order valence-electron chi connectivity index (χ1n) is 7.50. The van der Waals surface area contributed by atoms with Gasteiger partial charge in [0.05, 0.1) is 4.92 Å². The topological polar surface area (TPSA) is 102 Å². The van der Waals surface area contributed by atoms with Crippen molar-refractivity contribution in [1.29, 1.82) is 0 Å². The molecule has 23 heavy (non-hydrogen) atoms. The number of nitrogen functional groups attached to an aromatic ring is 1. The Morgan fingerprint density at radius 2 is 2.09 bits per heavy atom. The zero-order valence-electron chi connectivity index (χ0n) is 13.2. The van der Waals surface area contributed by atoms with Crippen LogP contribution < -0.4 is 11.1 Å². The predicted octanol–water partition coefficient (Wildman–Crippen LogP) is 2.06. The van der Waals surface area contributed by atoms with E-state index in [0.717, 1.165) is 25.8 Å². The Labute approximate surface area is 141 Å². The van der Waals surface area contributed by atoms with Crippen LogP contribution in [0.25, 0.3) is 0 Å². The Morgan fingerprint density at radius 3 is 2.65 bits per heavy atom. The molecule has 1 aromatic carbocycles. The van der Waals surface area contributed by atoms with Crippen molar-refractivity contribution < 1.29 is 9.72 Å². The number of halogens is 1. The molecule has 1 saturated heterocycles. The summed E-state index contributed by atoms with van der Waals surface area (Å²) in [5.41, 5.74) is 5.75. The summed E-state index contributed by atoms with van der Waals surface area (Å²) in [5, 5.41) is 14.1. The first-order valence-corrected chi connectivity index (χ1v) is 7.50. The van der Waals surface area contributed by atoms with Crippen molar-refractivity contribution >= 4 is 29.7 Å². The van der Waals surface area contributed by atoms with Crippen molar-refractivity contribution in [1.82, 2.24) is 10.2 Å². The quantitative estimate of drug-likeness (QED) is 0.484. The van der Waals surface area contributed by atoms with Gasteiger partial charge in [-0.3, -0.25) is 14.9 Å². The van der Waals surface area contributed by atoms with Crippen LogP contribution in [0, 0.1) is 16.0 Å². The molecule has 0 spiro atoms. The second-order valence-electron chi connectivity index (χ2n) is 5.66. The molecule has 1 amide bonds. The smallest absolute Gasteiger partial charge is 0.292 e. The molecule has 0 unspecified atom stereocenters. The van der Waals surface area contributed by atoms with E-state index in [4.69, 9.17) is 5.73 Å². The predicted molar refractivity (Wildman–Crippen MR) is 91.9 cm³/mol. The molecule has 0 aliphatic carbocycles. The SMILES string of the molecule is CNCCC1CCN(C(=O)c2ccc(N)c([N+](=O)[O-])c2)CC1.Cl. The number of nitro groups is 1. The molecule has 8 heteroatoms. The fraction of sp³-hybridized carbons (Fsp3) is 0.533. The van der Waals surface area contributed by atoms with Gasteiger partial charge in [-0.25, -0.2) is 0 Å². The number of anilines is 1. The highest BCUT2D eigenvalue weighted by molar-refractivity contribution is 5.95. The van der Waals surface area contributed by atoms with E-state index < -0.39 is 4.92 Å². The van der Waals surface area contributed by atoms with E-state index in [-0.39, 0.29) is 29.7 Å². The summed E-state index contributed by atoms with van der Waals surface area (Å²) in [5.74, 6) is 0.479. The van der Waals surface area contributed by atoms with Crippen LogP contribution in [0.4, 0.5) is 11.4 Å². The number of piperidine rings is 1. The summed E-state index contributed by atoms with van der Waals surface area (Å²) in [4.78, 5) is 24.6. The summed E-state index contributed by atoms with van der Waals surface area (Å²) < 4.78 is 0. The lowest BCUT2D eigenvalue weighted by Gasteiger charge is -2.32. The Kier molecular flexibility index (Phi) is 7.25. The number of carbonyl (C=O) groups is 1. The first kappa shape index (κ1) is 19.2. The van der Waals surface area contributed by atoms with Gasteiger partial charge in [0.1, 0.15) is 5.69 Å². The van der Waals surface area contributed by atoms with E-state index in [0.29, 0.717) is 24.6 Å². The highest BCUT2D eigenvalue weighted by atomic mass is 35.5. The Bertz CT molecular complexity index is 560. The van der Waals surface area contributed by atoms with E-state index in [1.165, 1.54) is 12.1 Å². The molecule has 3 N–H and O–H groups in total. The molecule has 0 radical (unpaired) electrons. The third kappa shape index (κ3) is 4.80. The fourth-order valence-electron chi connectivity index (χ4n) is 2.79. The van der Waals surface area contributed by atoms with Gasteiger partial charge in [0, 0.05) is 24.7 Å². The van der Waals surface area contributed by atoms with Gasteiger partial charge in [-0.1, -0.05) is 0 Å². The fourth-order valence-corrected chi connectivity index (χ4v) is 2.79. The van der Waals surface area contributed by atoms with Crippen LogP contribution in [0.5, 0.6) is 0 Å². The van der Waals surface area contributed by atoms with Gasteiger partial charge in [0.15, 0.2) is 0 Å². The zero-order chi connectivity index (χ0) is 16.1. The van der Waals surface area contributed by atoms with Crippen molar-refractivity contribution in [3.8, 4) is 0 Å². The summed E-state index contributed by atoms with van der Waals surface area (Å²) in [6.45, 7) is 2.39. The molecule has 1 heterocycles. The van der Waals surface area contributed by atoms with Crippen LogP contribution in [-0.2, 0) is 0 Å². The van der Waals surface area contributed by atoms with Crippen molar-refractivity contribution in [3.05, 3.63) is 33.9 Å². The van der Waals surface area contributed by atoms with Crippen LogP contribution in [0.15, 0.2) is 18.2 Å². The summed E-state index contributed by atoms with van der Waals surface area (Å²) in [6.07, 6.45) is 3.07. The van der Waals surface area contributed by atoms with Crippen LogP contribution in [-0.4, -0.2) is 42.4 Å².